The van der Waals surface area contributed by atoms with Crippen molar-refractivity contribution >= 4 is 0 Å². The van der Waals surface area contributed by atoms with Crippen molar-refractivity contribution in [2.75, 3.05) is 19.6 Å². The molecule has 0 bridgehead atoms. The van der Waals surface area contributed by atoms with E-state index in [0.29, 0.717) is 38.3 Å². The van der Waals surface area contributed by atoms with E-state index in [1.807, 2.05) is 0 Å². The van der Waals surface area contributed by atoms with Crippen molar-refractivity contribution in [2.45, 2.75) is 50.4 Å². The zero-order valence-electron chi connectivity index (χ0n) is 13.0. The Morgan fingerprint density at radius 3 is 2.57 bits per heavy atom. The average Bonchev–Trinajstić information content (AvgIpc) is 3.09. The van der Waals surface area contributed by atoms with Gasteiger partial charge in [0.1, 0.15) is 0 Å². The SMILES string of the molecule is OC1(Cn2ccnn2)CCN(CC2CCC(C(F)(F)F)CC2)C1. The van der Waals surface area contributed by atoms with Gasteiger partial charge in [-0.2, -0.15) is 13.2 Å². The Balaban J connectivity index is 1.45. The molecule has 1 saturated heterocycles. The minimum Gasteiger partial charge on any atom is -0.387 e. The first kappa shape index (κ1) is 16.7. The number of halogens is 3. The van der Waals surface area contributed by atoms with Crippen LogP contribution in [0.3, 0.4) is 0 Å². The van der Waals surface area contributed by atoms with Gasteiger partial charge in [0.15, 0.2) is 0 Å². The molecule has 8 heteroatoms. The van der Waals surface area contributed by atoms with Crippen molar-refractivity contribution in [1.82, 2.24) is 19.9 Å². The number of alkyl halides is 3. The number of aliphatic hydroxyl groups is 1. The van der Waals surface area contributed by atoms with Crippen LogP contribution in [0.1, 0.15) is 32.1 Å². The molecule has 2 heterocycles. The summed E-state index contributed by atoms with van der Waals surface area (Å²) in [6.07, 6.45) is 1.65. The highest BCUT2D eigenvalue weighted by Gasteiger charge is 2.42. The van der Waals surface area contributed by atoms with Gasteiger partial charge in [0, 0.05) is 25.8 Å². The molecule has 1 aliphatic carbocycles. The first-order valence-electron chi connectivity index (χ1n) is 8.20. The molecule has 1 aromatic heterocycles. The Morgan fingerprint density at radius 2 is 1.96 bits per heavy atom. The molecule has 1 saturated carbocycles. The lowest BCUT2D eigenvalue weighted by Crippen LogP contribution is -2.39. The largest absolute Gasteiger partial charge is 0.391 e. The molecular weight excluding hydrogens is 309 g/mol. The molecule has 1 aromatic rings. The molecule has 1 aliphatic heterocycles. The van der Waals surface area contributed by atoms with E-state index in [1.54, 1.807) is 17.1 Å². The molecule has 2 aliphatic rings. The third-order valence-corrected chi connectivity index (χ3v) is 5.17. The van der Waals surface area contributed by atoms with Gasteiger partial charge in [-0.1, -0.05) is 5.21 Å². The minimum atomic E-state index is -4.04. The summed E-state index contributed by atoms with van der Waals surface area (Å²) in [6, 6.07) is 0. The second-order valence-corrected chi connectivity index (χ2v) is 7.07. The van der Waals surface area contributed by atoms with Crippen molar-refractivity contribution in [3.05, 3.63) is 12.4 Å². The van der Waals surface area contributed by atoms with Gasteiger partial charge in [0.05, 0.1) is 24.3 Å². The van der Waals surface area contributed by atoms with Crippen LogP contribution in [0.25, 0.3) is 0 Å². The highest BCUT2D eigenvalue weighted by atomic mass is 19.4. The number of aromatic nitrogens is 3. The molecule has 5 nitrogen and oxygen atoms in total. The fraction of sp³-hybridized carbons (Fsp3) is 0.867. The van der Waals surface area contributed by atoms with Gasteiger partial charge in [-0.15, -0.1) is 5.10 Å². The summed E-state index contributed by atoms with van der Waals surface area (Å²) in [5, 5.41) is 18.2. The number of rotatable bonds is 4. The van der Waals surface area contributed by atoms with Crippen LogP contribution in [0.2, 0.25) is 0 Å². The lowest BCUT2D eigenvalue weighted by Gasteiger charge is -2.32. The van der Waals surface area contributed by atoms with Crippen LogP contribution in [-0.2, 0) is 6.54 Å². The van der Waals surface area contributed by atoms with E-state index < -0.39 is 17.7 Å². The van der Waals surface area contributed by atoms with Gasteiger partial charge in [-0.3, -0.25) is 0 Å². The van der Waals surface area contributed by atoms with Crippen LogP contribution in [0.4, 0.5) is 13.2 Å². The summed E-state index contributed by atoms with van der Waals surface area (Å²) < 4.78 is 39.7. The summed E-state index contributed by atoms with van der Waals surface area (Å²) in [5.74, 6) is -0.816. The molecule has 0 radical (unpaired) electrons. The maximum absolute atomic E-state index is 12.7. The second kappa shape index (κ2) is 6.39. The Bertz CT molecular complexity index is 499. The van der Waals surface area contributed by atoms with Crippen LogP contribution in [0.15, 0.2) is 12.4 Å². The highest BCUT2D eigenvalue weighted by molar-refractivity contribution is 4.91. The highest BCUT2D eigenvalue weighted by Crippen LogP contribution is 2.40. The second-order valence-electron chi connectivity index (χ2n) is 7.07. The molecule has 3 rings (SSSR count). The van der Waals surface area contributed by atoms with Gasteiger partial charge in [0.2, 0.25) is 0 Å². The smallest absolute Gasteiger partial charge is 0.387 e. The number of hydrogen-bond donors (Lipinski definition) is 1. The Labute approximate surface area is 133 Å². The third-order valence-electron chi connectivity index (χ3n) is 5.17. The molecule has 2 fully saturated rings. The van der Waals surface area contributed by atoms with Crippen molar-refractivity contribution in [2.24, 2.45) is 11.8 Å². The first-order chi connectivity index (χ1) is 10.8. The number of likely N-dealkylation sites (tertiary alicyclic amines) is 1. The average molecular weight is 332 g/mol. The standard InChI is InChI=1S/C15H23F3N4O/c16-15(17,18)13-3-1-12(2-4-13)9-21-7-5-14(23,10-21)11-22-8-6-19-20-22/h6,8,12-13,23H,1-5,7,9-11H2. The van der Waals surface area contributed by atoms with Crippen LogP contribution >= 0.6 is 0 Å². The quantitative estimate of drug-likeness (QED) is 0.917. The van der Waals surface area contributed by atoms with Gasteiger partial charge < -0.3 is 10.0 Å². The van der Waals surface area contributed by atoms with Crippen molar-refractivity contribution in [3.63, 3.8) is 0 Å². The first-order valence-corrected chi connectivity index (χ1v) is 8.20. The lowest BCUT2D eigenvalue weighted by molar-refractivity contribution is -0.184. The lowest BCUT2D eigenvalue weighted by atomic mass is 9.81. The molecule has 1 atom stereocenters. The van der Waals surface area contributed by atoms with Gasteiger partial charge in [-0.25, -0.2) is 4.68 Å². The summed E-state index contributed by atoms with van der Waals surface area (Å²) >= 11 is 0. The van der Waals surface area contributed by atoms with Crippen LogP contribution in [0.5, 0.6) is 0 Å². The fourth-order valence-electron chi connectivity index (χ4n) is 3.88. The molecule has 23 heavy (non-hydrogen) atoms. The monoisotopic (exact) mass is 332 g/mol. The molecule has 0 aromatic carbocycles. The molecule has 0 spiro atoms. The maximum Gasteiger partial charge on any atom is 0.391 e. The van der Waals surface area contributed by atoms with Gasteiger partial charge in [0.25, 0.3) is 0 Å². The summed E-state index contributed by atoms with van der Waals surface area (Å²) in [7, 11) is 0. The fourth-order valence-corrected chi connectivity index (χ4v) is 3.88. The van der Waals surface area contributed by atoms with Gasteiger partial charge in [-0.05, 0) is 38.0 Å². The third kappa shape index (κ3) is 4.23. The van der Waals surface area contributed by atoms with E-state index in [-0.39, 0.29) is 12.8 Å². The Hall–Kier alpha value is -1.15. The number of hydrogen-bond acceptors (Lipinski definition) is 4. The topological polar surface area (TPSA) is 54.2 Å². The van der Waals surface area contributed by atoms with E-state index in [2.05, 4.69) is 15.2 Å². The van der Waals surface area contributed by atoms with Crippen LogP contribution in [-0.4, -0.2) is 56.4 Å². The predicted octanol–water partition coefficient (Wildman–Crippen LogP) is 2.08. The van der Waals surface area contributed by atoms with Crippen LogP contribution in [0, 0.1) is 11.8 Å². The zero-order valence-corrected chi connectivity index (χ0v) is 13.0. The van der Waals surface area contributed by atoms with Gasteiger partial charge >= 0.3 is 6.18 Å². The molecule has 130 valence electrons. The molecule has 1 N–H and O–H groups in total. The number of β-amino-alcohol motifs (C(OH)–C–C–N with tert-alkyl or cyclic N) is 1. The van der Waals surface area contributed by atoms with E-state index in [9.17, 15) is 18.3 Å². The summed E-state index contributed by atoms with van der Waals surface area (Å²) in [4.78, 5) is 2.18. The molecular formula is C15H23F3N4O. The summed E-state index contributed by atoms with van der Waals surface area (Å²) in [6.45, 7) is 2.52. The Morgan fingerprint density at radius 1 is 1.22 bits per heavy atom. The normalized spacial score (nSPS) is 33.2. The van der Waals surface area contributed by atoms with Crippen LogP contribution < -0.4 is 0 Å². The van der Waals surface area contributed by atoms with E-state index >= 15 is 0 Å². The predicted molar refractivity (Wildman–Crippen MR) is 77.5 cm³/mol. The minimum absolute atomic E-state index is 0.241. The van der Waals surface area contributed by atoms with Crippen molar-refractivity contribution < 1.29 is 18.3 Å². The van der Waals surface area contributed by atoms with E-state index in [0.717, 1.165) is 13.1 Å². The van der Waals surface area contributed by atoms with Crippen molar-refractivity contribution in [3.8, 4) is 0 Å². The Kier molecular flexibility index (Phi) is 4.64. The maximum atomic E-state index is 12.7. The number of nitrogens with zero attached hydrogens (tertiary/aromatic N) is 4. The molecule has 1 unspecified atom stereocenters. The van der Waals surface area contributed by atoms with E-state index in [1.165, 1.54) is 0 Å². The zero-order chi connectivity index (χ0) is 16.5. The van der Waals surface area contributed by atoms with Crippen molar-refractivity contribution in [1.29, 1.82) is 0 Å². The summed E-state index contributed by atoms with van der Waals surface area (Å²) in [5.41, 5.74) is -0.823. The molecule has 0 amide bonds. The van der Waals surface area contributed by atoms with E-state index in [4.69, 9.17) is 0 Å².